The molecule has 0 amide bonds. The number of aromatic nitrogens is 2. The fourth-order valence-electron chi connectivity index (χ4n) is 2.15. The summed E-state index contributed by atoms with van der Waals surface area (Å²) in [5, 5.41) is 8.28. The van der Waals surface area contributed by atoms with Gasteiger partial charge in [0.25, 0.3) is 0 Å². The number of hydrogen-bond donors (Lipinski definition) is 0. The predicted molar refractivity (Wildman–Crippen MR) is 74.6 cm³/mol. The van der Waals surface area contributed by atoms with Crippen molar-refractivity contribution in [3.05, 3.63) is 45.7 Å². The molecule has 0 bridgehead atoms. The lowest BCUT2D eigenvalue weighted by atomic mass is 10.1. The van der Waals surface area contributed by atoms with E-state index in [4.69, 9.17) is 23.2 Å². The summed E-state index contributed by atoms with van der Waals surface area (Å²) in [4.78, 5) is 2.01. The zero-order chi connectivity index (χ0) is 12.5. The highest BCUT2D eigenvalue weighted by atomic mass is 35.5. The molecule has 0 fully saturated rings. The zero-order valence-corrected chi connectivity index (χ0v) is 11.8. The van der Waals surface area contributed by atoms with Crippen molar-refractivity contribution in [3.8, 4) is 0 Å². The molecule has 18 heavy (non-hydrogen) atoms. The summed E-state index contributed by atoms with van der Waals surface area (Å²) in [6, 6.07) is 8.31. The molecule has 0 atom stereocenters. The Labute approximate surface area is 120 Å². The van der Waals surface area contributed by atoms with Crippen LogP contribution in [0.4, 0.5) is 0 Å². The second kappa shape index (κ2) is 5.08. The number of aryl methyl sites for hydroxylation is 2. The van der Waals surface area contributed by atoms with Crippen LogP contribution >= 0.6 is 35.0 Å². The SMILES string of the molecule is Clc1cc(Sc2ccc3c(c2)CCC3)c(Cl)nn1. The van der Waals surface area contributed by atoms with Crippen LogP contribution in [-0.2, 0) is 12.8 Å². The maximum Gasteiger partial charge on any atom is 0.165 e. The van der Waals surface area contributed by atoms with Crippen LogP contribution in [0, 0.1) is 0 Å². The van der Waals surface area contributed by atoms with Crippen LogP contribution in [0.1, 0.15) is 17.5 Å². The van der Waals surface area contributed by atoms with Gasteiger partial charge in [0.1, 0.15) is 0 Å². The van der Waals surface area contributed by atoms with Gasteiger partial charge in [-0.2, -0.15) is 0 Å². The number of benzene rings is 1. The first-order valence-corrected chi connectivity index (χ1v) is 7.28. The van der Waals surface area contributed by atoms with E-state index in [1.54, 1.807) is 17.8 Å². The van der Waals surface area contributed by atoms with Gasteiger partial charge in [-0.05, 0) is 48.6 Å². The second-order valence-electron chi connectivity index (χ2n) is 4.21. The quantitative estimate of drug-likeness (QED) is 0.820. The fraction of sp³-hybridized carbons (Fsp3) is 0.231. The van der Waals surface area contributed by atoms with Gasteiger partial charge in [0.15, 0.2) is 10.3 Å². The molecule has 0 aliphatic heterocycles. The molecule has 0 spiro atoms. The Morgan fingerprint density at radius 1 is 1.00 bits per heavy atom. The second-order valence-corrected chi connectivity index (χ2v) is 6.07. The first-order valence-electron chi connectivity index (χ1n) is 5.71. The molecule has 92 valence electrons. The van der Waals surface area contributed by atoms with E-state index in [9.17, 15) is 0 Å². The summed E-state index contributed by atoms with van der Waals surface area (Å²) in [7, 11) is 0. The van der Waals surface area contributed by atoms with E-state index in [1.807, 2.05) is 0 Å². The average molecular weight is 297 g/mol. The summed E-state index contributed by atoms with van der Waals surface area (Å²) in [6.07, 6.45) is 3.63. The fourth-order valence-corrected chi connectivity index (χ4v) is 3.45. The van der Waals surface area contributed by atoms with Crippen molar-refractivity contribution in [1.29, 1.82) is 0 Å². The largest absolute Gasteiger partial charge is 0.165 e. The molecular formula is C13H10Cl2N2S. The van der Waals surface area contributed by atoms with Crippen molar-refractivity contribution in [2.75, 3.05) is 0 Å². The molecule has 2 nitrogen and oxygen atoms in total. The van der Waals surface area contributed by atoms with Gasteiger partial charge in [0.2, 0.25) is 0 Å². The Morgan fingerprint density at radius 3 is 2.72 bits per heavy atom. The number of rotatable bonds is 2. The minimum absolute atomic E-state index is 0.364. The summed E-state index contributed by atoms with van der Waals surface area (Å²) in [5.41, 5.74) is 2.92. The lowest BCUT2D eigenvalue weighted by Gasteiger charge is -2.05. The third-order valence-corrected chi connectivity index (χ3v) is 4.58. The van der Waals surface area contributed by atoms with Crippen LogP contribution in [0.3, 0.4) is 0 Å². The molecule has 1 aromatic heterocycles. The molecule has 1 aromatic carbocycles. The molecule has 0 radical (unpaired) electrons. The van der Waals surface area contributed by atoms with Gasteiger partial charge in [0.05, 0.1) is 4.90 Å². The van der Waals surface area contributed by atoms with Gasteiger partial charge in [-0.25, -0.2) is 0 Å². The first-order chi connectivity index (χ1) is 8.72. The Morgan fingerprint density at radius 2 is 1.83 bits per heavy atom. The number of hydrogen-bond acceptors (Lipinski definition) is 3. The molecule has 2 aromatic rings. The molecule has 5 heteroatoms. The normalized spacial score (nSPS) is 13.7. The minimum Gasteiger partial charge on any atom is -0.137 e. The van der Waals surface area contributed by atoms with E-state index >= 15 is 0 Å². The van der Waals surface area contributed by atoms with E-state index in [1.165, 1.54) is 35.3 Å². The smallest absolute Gasteiger partial charge is 0.137 e. The van der Waals surface area contributed by atoms with Gasteiger partial charge in [-0.1, -0.05) is 41.0 Å². The summed E-state index contributed by atoms with van der Waals surface area (Å²) in [5.74, 6) is 0. The van der Waals surface area contributed by atoms with E-state index in [2.05, 4.69) is 28.4 Å². The summed E-state index contributed by atoms with van der Waals surface area (Å²) in [6.45, 7) is 0. The molecule has 0 saturated carbocycles. The maximum atomic E-state index is 6.01. The van der Waals surface area contributed by atoms with Crippen molar-refractivity contribution >= 4 is 35.0 Å². The number of nitrogens with zero attached hydrogens (tertiary/aromatic N) is 2. The third-order valence-electron chi connectivity index (χ3n) is 2.98. The van der Waals surface area contributed by atoms with E-state index in [0.29, 0.717) is 10.3 Å². The van der Waals surface area contributed by atoms with Gasteiger partial charge in [-0.15, -0.1) is 10.2 Å². The van der Waals surface area contributed by atoms with Gasteiger partial charge in [0, 0.05) is 4.90 Å². The Kier molecular flexibility index (Phi) is 3.46. The van der Waals surface area contributed by atoms with Gasteiger partial charge >= 0.3 is 0 Å². The highest BCUT2D eigenvalue weighted by Crippen LogP contribution is 2.35. The minimum atomic E-state index is 0.364. The highest BCUT2D eigenvalue weighted by Gasteiger charge is 2.12. The van der Waals surface area contributed by atoms with Crippen LogP contribution in [0.5, 0.6) is 0 Å². The van der Waals surface area contributed by atoms with Crippen molar-refractivity contribution in [2.45, 2.75) is 29.1 Å². The molecular weight excluding hydrogens is 287 g/mol. The standard InChI is InChI=1S/C13H10Cl2N2S/c14-12-7-11(13(15)17-16-12)18-10-5-4-8-2-1-3-9(8)6-10/h4-7H,1-3H2. The first kappa shape index (κ1) is 12.3. The predicted octanol–water partition coefficient (Wildman–Crippen LogP) is 4.42. The Bertz CT molecular complexity index is 602. The van der Waals surface area contributed by atoms with E-state index in [0.717, 1.165) is 4.90 Å². The van der Waals surface area contributed by atoms with Crippen LogP contribution in [0.2, 0.25) is 10.3 Å². The van der Waals surface area contributed by atoms with Crippen molar-refractivity contribution in [2.24, 2.45) is 0 Å². The van der Waals surface area contributed by atoms with E-state index in [-0.39, 0.29) is 0 Å². The monoisotopic (exact) mass is 296 g/mol. The molecule has 1 aliphatic rings. The molecule has 0 saturated heterocycles. The third kappa shape index (κ3) is 2.48. The highest BCUT2D eigenvalue weighted by molar-refractivity contribution is 7.99. The molecule has 1 heterocycles. The van der Waals surface area contributed by atoms with Crippen molar-refractivity contribution in [1.82, 2.24) is 10.2 Å². The van der Waals surface area contributed by atoms with Crippen LogP contribution in [-0.4, -0.2) is 10.2 Å². The number of fused-ring (bicyclic) bond motifs is 1. The van der Waals surface area contributed by atoms with Gasteiger partial charge < -0.3 is 0 Å². The van der Waals surface area contributed by atoms with Crippen molar-refractivity contribution < 1.29 is 0 Å². The molecule has 0 N–H and O–H groups in total. The lowest BCUT2D eigenvalue weighted by molar-refractivity contribution is 0.911. The Balaban J connectivity index is 1.90. The van der Waals surface area contributed by atoms with Gasteiger partial charge in [-0.3, -0.25) is 0 Å². The van der Waals surface area contributed by atoms with Crippen molar-refractivity contribution in [3.63, 3.8) is 0 Å². The zero-order valence-electron chi connectivity index (χ0n) is 9.49. The maximum absolute atomic E-state index is 6.01. The molecule has 1 aliphatic carbocycles. The summed E-state index contributed by atoms with van der Waals surface area (Å²) < 4.78 is 0. The van der Waals surface area contributed by atoms with Crippen LogP contribution < -0.4 is 0 Å². The van der Waals surface area contributed by atoms with E-state index < -0.39 is 0 Å². The average Bonchev–Trinajstić information content (AvgIpc) is 2.81. The van der Waals surface area contributed by atoms with Crippen LogP contribution in [0.25, 0.3) is 0 Å². The summed E-state index contributed by atoms with van der Waals surface area (Å²) >= 11 is 13.4. The molecule has 3 rings (SSSR count). The lowest BCUT2D eigenvalue weighted by Crippen LogP contribution is -1.87. The Hall–Kier alpha value is -0.770. The topological polar surface area (TPSA) is 25.8 Å². The molecule has 0 unspecified atom stereocenters. The van der Waals surface area contributed by atoms with Crippen LogP contribution in [0.15, 0.2) is 34.1 Å². The number of halogens is 2.